The molecule has 3 N–H and O–H groups in total. The molecule has 102 valence electrons. The molecule has 0 aromatic carbocycles. The summed E-state index contributed by atoms with van der Waals surface area (Å²) in [6.45, 7) is 2.87. The van der Waals surface area contributed by atoms with Gasteiger partial charge in [-0.15, -0.1) is 0 Å². The Hall–Kier alpha value is -0.610. The number of amides is 1. The van der Waals surface area contributed by atoms with Crippen molar-refractivity contribution in [1.29, 1.82) is 0 Å². The van der Waals surface area contributed by atoms with Crippen molar-refractivity contribution in [3.05, 3.63) is 0 Å². The Kier molecular flexibility index (Phi) is 3.10. The third kappa shape index (κ3) is 1.86. The number of likely N-dealkylation sites (tertiary alicyclic amines) is 1. The minimum Gasteiger partial charge on any atom is -0.391 e. The molecule has 0 spiro atoms. The summed E-state index contributed by atoms with van der Waals surface area (Å²) in [5.41, 5.74) is 5.70. The lowest BCUT2D eigenvalue weighted by Gasteiger charge is -2.29. The maximum Gasteiger partial charge on any atom is 0.222 e. The van der Waals surface area contributed by atoms with Gasteiger partial charge in [-0.1, -0.05) is 0 Å². The number of hydrogen-bond donors (Lipinski definition) is 2. The fourth-order valence-corrected chi connectivity index (χ4v) is 4.42. The third-order valence-corrected chi connectivity index (χ3v) is 5.22. The molecule has 1 aliphatic heterocycles. The van der Waals surface area contributed by atoms with Gasteiger partial charge in [0, 0.05) is 19.0 Å². The number of aliphatic hydroxyl groups excluding tert-OH is 1. The standard InChI is InChI=1S/C14H24N2O2/c1-8(15)3-2-4-12(17)16-7-10-5-9-6-11(10)13(16)14(9)18/h8-11,13-14,18H,2-7,15H2,1H3. The van der Waals surface area contributed by atoms with Crippen LogP contribution in [0.4, 0.5) is 0 Å². The van der Waals surface area contributed by atoms with Crippen molar-refractivity contribution in [2.24, 2.45) is 23.5 Å². The molecule has 0 aromatic heterocycles. The number of carbonyl (C=O) groups is 1. The van der Waals surface area contributed by atoms with Gasteiger partial charge in [-0.05, 0) is 50.4 Å². The van der Waals surface area contributed by atoms with E-state index in [0.29, 0.717) is 24.2 Å². The van der Waals surface area contributed by atoms with Crippen LogP contribution in [-0.2, 0) is 4.79 Å². The normalized spacial score (nSPS) is 42.6. The molecule has 1 heterocycles. The van der Waals surface area contributed by atoms with Crippen molar-refractivity contribution in [3.8, 4) is 0 Å². The van der Waals surface area contributed by atoms with E-state index in [9.17, 15) is 9.90 Å². The van der Waals surface area contributed by atoms with Crippen LogP contribution in [0.5, 0.6) is 0 Å². The molecule has 0 aromatic rings. The number of fused-ring (bicyclic) bond motifs is 1. The molecule has 3 aliphatic rings. The molecule has 3 rings (SSSR count). The van der Waals surface area contributed by atoms with Gasteiger partial charge in [0.05, 0.1) is 12.1 Å². The van der Waals surface area contributed by atoms with Crippen LogP contribution in [-0.4, -0.2) is 40.6 Å². The summed E-state index contributed by atoms with van der Waals surface area (Å²) in [7, 11) is 0. The molecule has 2 bridgehead atoms. The summed E-state index contributed by atoms with van der Waals surface area (Å²) >= 11 is 0. The van der Waals surface area contributed by atoms with E-state index in [2.05, 4.69) is 0 Å². The van der Waals surface area contributed by atoms with Crippen molar-refractivity contribution in [3.63, 3.8) is 0 Å². The first kappa shape index (κ1) is 12.4. The van der Waals surface area contributed by atoms with Crippen molar-refractivity contribution in [2.75, 3.05) is 6.54 Å². The lowest BCUT2D eigenvalue weighted by molar-refractivity contribution is -0.134. The predicted octanol–water partition coefficient (Wildman–Crippen LogP) is 0.732. The van der Waals surface area contributed by atoms with Crippen molar-refractivity contribution in [1.82, 2.24) is 4.90 Å². The highest BCUT2D eigenvalue weighted by atomic mass is 16.3. The van der Waals surface area contributed by atoms with Gasteiger partial charge >= 0.3 is 0 Å². The Morgan fingerprint density at radius 3 is 2.89 bits per heavy atom. The van der Waals surface area contributed by atoms with Crippen LogP contribution in [0.2, 0.25) is 0 Å². The highest BCUT2D eigenvalue weighted by Gasteiger charge is 2.59. The second-order valence-corrected chi connectivity index (χ2v) is 6.55. The second-order valence-electron chi connectivity index (χ2n) is 6.55. The molecule has 18 heavy (non-hydrogen) atoms. The van der Waals surface area contributed by atoms with E-state index < -0.39 is 0 Å². The molecular formula is C14H24N2O2. The van der Waals surface area contributed by atoms with Crippen LogP contribution in [0.25, 0.3) is 0 Å². The van der Waals surface area contributed by atoms with Gasteiger partial charge in [0.25, 0.3) is 0 Å². The van der Waals surface area contributed by atoms with E-state index >= 15 is 0 Å². The zero-order valence-corrected chi connectivity index (χ0v) is 11.1. The molecule has 6 unspecified atom stereocenters. The fraction of sp³-hybridized carbons (Fsp3) is 0.929. The van der Waals surface area contributed by atoms with E-state index in [-0.39, 0.29) is 24.1 Å². The molecule has 2 aliphatic carbocycles. The van der Waals surface area contributed by atoms with Crippen molar-refractivity contribution >= 4 is 5.91 Å². The summed E-state index contributed by atoms with van der Waals surface area (Å²) in [6, 6.07) is 0.311. The fourth-order valence-electron chi connectivity index (χ4n) is 4.42. The van der Waals surface area contributed by atoms with E-state index in [1.54, 1.807) is 0 Å². The molecule has 1 amide bonds. The van der Waals surface area contributed by atoms with Gasteiger partial charge < -0.3 is 15.7 Å². The lowest BCUT2D eigenvalue weighted by Crippen LogP contribution is -2.43. The monoisotopic (exact) mass is 252 g/mol. The highest BCUT2D eigenvalue weighted by Crippen LogP contribution is 2.54. The Morgan fingerprint density at radius 1 is 1.44 bits per heavy atom. The third-order valence-electron chi connectivity index (χ3n) is 5.22. The van der Waals surface area contributed by atoms with Gasteiger partial charge in [0.2, 0.25) is 5.91 Å². The molecule has 4 nitrogen and oxygen atoms in total. The van der Waals surface area contributed by atoms with Crippen LogP contribution in [0.15, 0.2) is 0 Å². The van der Waals surface area contributed by atoms with Crippen LogP contribution >= 0.6 is 0 Å². The van der Waals surface area contributed by atoms with E-state index in [1.807, 2.05) is 11.8 Å². The average Bonchev–Trinajstić information content (AvgIpc) is 2.88. The van der Waals surface area contributed by atoms with Gasteiger partial charge in [0.1, 0.15) is 0 Å². The smallest absolute Gasteiger partial charge is 0.222 e. The summed E-state index contributed by atoms with van der Waals surface area (Å²) in [4.78, 5) is 14.2. The summed E-state index contributed by atoms with van der Waals surface area (Å²) in [5.74, 6) is 1.95. The minimum atomic E-state index is -0.258. The number of rotatable bonds is 4. The Bertz CT molecular complexity index is 343. The van der Waals surface area contributed by atoms with E-state index in [0.717, 1.165) is 32.2 Å². The van der Waals surface area contributed by atoms with Gasteiger partial charge in [-0.25, -0.2) is 0 Å². The van der Waals surface area contributed by atoms with Crippen molar-refractivity contribution < 1.29 is 9.90 Å². The quantitative estimate of drug-likeness (QED) is 0.775. The van der Waals surface area contributed by atoms with Gasteiger partial charge in [-0.3, -0.25) is 4.79 Å². The second kappa shape index (κ2) is 4.49. The maximum atomic E-state index is 12.3. The lowest BCUT2D eigenvalue weighted by atomic mass is 9.88. The SMILES string of the molecule is CC(N)CCCC(=O)N1CC2CC3CC2C1C3O. The number of aliphatic hydroxyl groups is 1. The topological polar surface area (TPSA) is 66.6 Å². The molecule has 0 radical (unpaired) electrons. The number of carbonyl (C=O) groups excluding carboxylic acids is 1. The Balaban J connectivity index is 1.59. The molecular weight excluding hydrogens is 228 g/mol. The number of hydrogen-bond acceptors (Lipinski definition) is 3. The predicted molar refractivity (Wildman–Crippen MR) is 68.7 cm³/mol. The maximum absolute atomic E-state index is 12.3. The zero-order chi connectivity index (χ0) is 12.9. The Labute approximate surface area is 109 Å². The summed E-state index contributed by atoms with van der Waals surface area (Å²) < 4.78 is 0. The van der Waals surface area contributed by atoms with Gasteiger partial charge in [-0.2, -0.15) is 0 Å². The van der Waals surface area contributed by atoms with Gasteiger partial charge in [0.15, 0.2) is 0 Å². The Morgan fingerprint density at radius 2 is 2.22 bits per heavy atom. The first-order valence-electron chi connectivity index (χ1n) is 7.31. The molecule has 6 atom stereocenters. The van der Waals surface area contributed by atoms with Crippen LogP contribution in [0.3, 0.4) is 0 Å². The molecule has 3 fully saturated rings. The first-order valence-corrected chi connectivity index (χ1v) is 7.31. The van der Waals surface area contributed by atoms with Crippen LogP contribution in [0, 0.1) is 17.8 Å². The summed E-state index contributed by atoms with van der Waals surface area (Å²) in [5, 5.41) is 10.2. The number of nitrogens with two attached hydrogens (primary N) is 1. The largest absolute Gasteiger partial charge is 0.391 e. The molecule has 1 saturated heterocycles. The minimum absolute atomic E-state index is 0.136. The van der Waals surface area contributed by atoms with E-state index in [1.165, 1.54) is 0 Å². The number of nitrogens with zero attached hydrogens (tertiary/aromatic N) is 1. The molecule has 4 heteroatoms. The first-order chi connectivity index (χ1) is 8.58. The van der Waals surface area contributed by atoms with Crippen molar-refractivity contribution in [2.45, 2.75) is 57.2 Å². The average molecular weight is 252 g/mol. The molecule has 2 saturated carbocycles. The highest BCUT2D eigenvalue weighted by molar-refractivity contribution is 5.77. The zero-order valence-electron chi connectivity index (χ0n) is 11.1. The van der Waals surface area contributed by atoms with E-state index in [4.69, 9.17) is 5.73 Å². The van der Waals surface area contributed by atoms with Crippen LogP contribution < -0.4 is 5.73 Å². The summed E-state index contributed by atoms with van der Waals surface area (Å²) in [6.07, 6.45) is 4.38. The van der Waals surface area contributed by atoms with Crippen LogP contribution in [0.1, 0.15) is 39.0 Å².